The van der Waals surface area contributed by atoms with E-state index < -0.39 is 0 Å². The Morgan fingerprint density at radius 2 is 2.04 bits per heavy atom. The Balaban J connectivity index is 1.46. The smallest absolute Gasteiger partial charge is 0.0885 e. The van der Waals surface area contributed by atoms with E-state index in [0.717, 1.165) is 26.2 Å². The van der Waals surface area contributed by atoms with Crippen molar-refractivity contribution in [3.8, 4) is 0 Å². The normalized spacial score (nSPS) is 18.2. The van der Waals surface area contributed by atoms with Crippen LogP contribution in [0.5, 0.6) is 0 Å². The Kier molecular flexibility index (Phi) is 4.74. The van der Waals surface area contributed by atoms with Gasteiger partial charge < -0.3 is 9.30 Å². The van der Waals surface area contributed by atoms with Gasteiger partial charge in [0.1, 0.15) is 0 Å². The second kappa shape index (κ2) is 7.30. The molecule has 0 saturated carbocycles. The second-order valence-corrected chi connectivity index (χ2v) is 7.22. The summed E-state index contributed by atoms with van der Waals surface area (Å²) in [7, 11) is 0. The highest BCUT2D eigenvalue weighted by Crippen LogP contribution is 2.20. The Bertz CT molecular complexity index is 754. The average molecular weight is 339 g/mol. The van der Waals surface area contributed by atoms with Gasteiger partial charge in [-0.2, -0.15) is 0 Å². The van der Waals surface area contributed by atoms with E-state index in [1.165, 1.54) is 16.1 Å². The van der Waals surface area contributed by atoms with Gasteiger partial charge in [-0.3, -0.25) is 9.88 Å². The van der Waals surface area contributed by atoms with Crippen molar-refractivity contribution in [2.75, 3.05) is 6.54 Å². The lowest BCUT2D eigenvalue weighted by Gasteiger charge is -2.23. The van der Waals surface area contributed by atoms with Crippen LogP contribution in [0.25, 0.3) is 0 Å². The predicted molar refractivity (Wildman–Crippen MR) is 95.7 cm³/mol. The van der Waals surface area contributed by atoms with Crippen LogP contribution in [0.15, 0.2) is 60.4 Å². The number of nitrogens with zero attached hydrogens (tertiary/aromatic N) is 3. The largest absolute Gasteiger partial charge is 0.370 e. The number of hydrogen-bond acceptors (Lipinski definition) is 4. The van der Waals surface area contributed by atoms with Crippen LogP contribution < -0.4 is 0 Å². The summed E-state index contributed by atoms with van der Waals surface area (Å²) in [6.45, 7) is 4.45. The molecule has 4 heterocycles. The van der Waals surface area contributed by atoms with Crippen LogP contribution in [0.2, 0.25) is 0 Å². The standard InChI is InChI=1S/C19H21N3OS/c1-3-17-11-21(14-19-4-2-10-24-19)12-18(13-22(17)9-1)23-15-16-5-7-20-8-6-16/h1-10,18H,11-15H2/t18-/m0/s1. The number of aromatic nitrogens is 2. The molecule has 3 aromatic heterocycles. The van der Waals surface area contributed by atoms with E-state index in [2.05, 4.69) is 50.3 Å². The third kappa shape index (κ3) is 3.75. The lowest BCUT2D eigenvalue weighted by atomic mass is 10.2. The van der Waals surface area contributed by atoms with Gasteiger partial charge in [0.05, 0.1) is 12.7 Å². The van der Waals surface area contributed by atoms with Gasteiger partial charge in [0, 0.05) is 55.3 Å². The predicted octanol–water partition coefficient (Wildman–Crippen LogP) is 3.55. The quantitative estimate of drug-likeness (QED) is 0.712. The van der Waals surface area contributed by atoms with Crippen molar-refractivity contribution < 1.29 is 4.74 Å². The molecule has 24 heavy (non-hydrogen) atoms. The molecule has 1 aliphatic heterocycles. The third-order valence-electron chi connectivity index (χ3n) is 4.37. The number of thiophene rings is 1. The lowest BCUT2D eigenvalue weighted by Crippen LogP contribution is -2.32. The summed E-state index contributed by atoms with van der Waals surface area (Å²) in [5.74, 6) is 0. The molecule has 0 bridgehead atoms. The number of ether oxygens (including phenoxy) is 1. The summed E-state index contributed by atoms with van der Waals surface area (Å²) in [5.41, 5.74) is 2.54. The van der Waals surface area contributed by atoms with Crippen molar-refractivity contribution in [2.45, 2.75) is 32.3 Å². The van der Waals surface area contributed by atoms with Crippen LogP contribution in [0.3, 0.4) is 0 Å². The van der Waals surface area contributed by atoms with Crippen molar-refractivity contribution in [1.29, 1.82) is 0 Å². The molecular formula is C19H21N3OS. The fourth-order valence-corrected chi connectivity index (χ4v) is 3.92. The molecule has 0 radical (unpaired) electrons. The molecule has 1 atom stereocenters. The highest BCUT2D eigenvalue weighted by atomic mass is 32.1. The van der Waals surface area contributed by atoms with Gasteiger partial charge in [0.15, 0.2) is 0 Å². The van der Waals surface area contributed by atoms with Crippen molar-refractivity contribution in [3.05, 3.63) is 76.5 Å². The maximum absolute atomic E-state index is 6.24. The summed E-state index contributed by atoms with van der Waals surface area (Å²) in [6.07, 6.45) is 5.98. The van der Waals surface area contributed by atoms with E-state index >= 15 is 0 Å². The number of fused-ring (bicyclic) bond motifs is 1. The zero-order chi connectivity index (χ0) is 16.2. The van der Waals surface area contributed by atoms with Crippen molar-refractivity contribution in [2.24, 2.45) is 0 Å². The molecular weight excluding hydrogens is 318 g/mol. The first kappa shape index (κ1) is 15.6. The first-order valence-electron chi connectivity index (χ1n) is 8.26. The van der Waals surface area contributed by atoms with Crippen LogP contribution in [0, 0.1) is 0 Å². The molecule has 0 unspecified atom stereocenters. The Morgan fingerprint density at radius 1 is 1.12 bits per heavy atom. The molecule has 0 spiro atoms. The van der Waals surface area contributed by atoms with E-state index in [0.29, 0.717) is 6.61 Å². The fourth-order valence-electron chi connectivity index (χ4n) is 3.17. The highest BCUT2D eigenvalue weighted by molar-refractivity contribution is 7.09. The van der Waals surface area contributed by atoms with E-state index in [4.69, 9.17) is 4.74 Å². The molecule has 4 nitrogen and oxygen atoms in total. The molecule has 0 amide bonds. The van der Waals surface area contributed by atoms with E-state index in [9.17, 15) is 0 Å². The van der Waals surface area contributed by atoms with Gasteiger partial charge >= 0.3 is 0 Å². The highest BCUT2D eigenvalue weighted by Gasteiger charge is 2.22. The number of rotatable bonds is 5. The maximum Gasteiger partial charge on any atom is 0.0885 e. The summed E-state index contributed by atoms with van der Waals surface area (Å²) >= 11 is 1.82. The van der Waals surface area contributed by atoms with Crippen LogP contribution in [-0.2, 0) is 31.0 Å². The number of pyridine rings is 1. The molecule has 124 valence electrons. The molecule has 4 rings (SSSR count). The zero-order valence-electron chi connectivity index (χ0n) is 13.5. The summed E-state index contributed by atoms with van der Waals surface area (Å²) in [4.78, 5) is 7.96. The summed E-state index contributed by atoms with van der Waals surface area (Å²) in [6, 6.07) is 12.7. The van der Waals surface area contributed by atoms with Gasteiger partial charge in [-0.15, -0.1) is 11.3 Å². The van der Waals surface area contributed by atoms with E-state index in [1.54, 1.807) is 0 Å². The van der Waals surface area contributed by atoms with Gasteiger partial charge in [-0.1, -0.05) is 6.07 Å². The molecule has 0 aliphatic carbocycles. The van der Waals surface area contributed by atoms with E-state index in [-0.39, 0.29) is 6.10 Å². The van der Waals surface area contributed by atoms with Gasteiger partial charge in [0.2, 0.25) is 0 Å². The summed E-state index contributed by atoms with van der Waals surface area (Å²) in [5, 5.41) is 2.15. The molecule has 5 heteroatoms. The molecule has 1 aliphatic rings. The Hall–Kier alpha value is -1.95. The zero-order valence-corrected chi connectivity index (χ0v) is 14.4. The topological polar surface area (TPSA) is 30.3 Å². The van der Waals surface area contributed by atoms with Crippen LogP contribution in [-0.4, -0.2) is 27.1 Å². The minimum absolute atomic E-state index is 0.187. The van der Waals surface area contributed by atoms with Gasteiger partial charge in [-0.05, 0) is 41.3 Å². The fraction of sp³-hybridized carbons (Fsp3) is 0.316. The second-order valence-electron chi connectivity index (χ2n) is 6.19. The third-order valence-corrected chi connectivity index (χ3v) is 5.23. The lowest BCUT2D eigenvalue weighted by molar-refractivity contribution is 0.00884. The number of hydrogen-bond donors (Lipinski definition) is 0. The molecule has 0 N–H and O–H groups in total. The molecule has 0 fully saturated rings. The van der Waals surface area contributed by atoms with Gasteiger partial charge in [0.25, 0.3) is 0 Å². The van der Waals surface area contributed by atoms with Crippen molar-refractivity contribution in [3.63, 3.8) is 0 Å². The van der Waals surface area contributed by atoms with Crippen molar-refractivity contribution >= 4 is 11.3 Å². The van der Waals surface area contributed by atoms with E-state index in [1.807, 2.05) is 35.9 Å². The van der Waals surface area contributed by atoms with Crippen LogP contribution in [0.4, 0.5) is 0 Å². The first-order valence-corrected chi connectivity index (χ1v) is 9.14. The summed E-state index contributed by atoms with van der Waals surface area (Å²) < 4.78 is 8.56. The Morgan fingerprint density at radius 3 is 2.88 bits per heavy atom. The average Bonchev–Trinajstić information content (AvgIpc) is 3.23. The van der Waals surface area contributed by atoms with Crippen molar-refractivity contribution in [1.82, 2.24) is 14.5 Å². The monoisotopic (exact) mass is 339 g/mol. The maximum atomic E-state index is 6.24. The van der Waals surface area contributed by atoms with Crippen LogP contribution in [0.1, 0.15) is 16.1 Å². The molecule has 0 saturated heterocycles. The first-order chi connectivity index (χ1) is 11.9. The minimum Gasteiger partial charge on any atom is -0.370 e. The van der Waals surface area contributed by atoms with Crippen LogP contribution >= 0.6 is 11.3 Å². The molecule has 0 aromatic carbocycles. The minimum atomic E-state index is 0.187. The SMILES string of the molecule is c1csc(CN2Cc3cccn3C[C@@H](OCc3ccncc3)C2)c1. The van der Waals surface area contributed by atoms with Gasteiger partial charge in [-0.25, -0.2) is 0 Å². The molecule has 3 aromatic rings. The Labute approximate surface area is 146 Å².